The summed E-state index contributed by atoms with van der Waals surface area (Å²) >= 11 is 3.07. The van der Waals surface area contributed by atoms with Gasteiger partial charge in [-0.2, -0.15) is 0 Å². The molecule has 104 valence electrons. The summed E-state index contributed by atoms with van der Waals surface area (Å²) in [6.45, 7) is 0.908. The Labute approximate surface area is 123 Å². The van der Waals surface area contributed by atoms with Crippen molar-refractivity contribution in [2.75, 3.05) is 11.9 Å². The molecule has 1 N–H and O–H groups in total. The summed E-state index contributed by atoms with van der Waals surface area (Å²) in [7, 11) is 0. The van der Waals surface area contributed by atoms with Crippen molar-refractivity contribution in [2.45, 2.75) is 12.6 Å². The maximum absolute atomic E-state index is 13.9. The zero-order valence-electron chi connectivity index (χ0n) is 10.5. The van der Waals surface area contributed by atoms with E-state index in [1.165, 1.54) is 12.1 Å². The van der Waals surface area contributed by atoms with Gasteiger partial charge in [-0.05, 0) is 23.3 Å². The lowest BCUT2D eigenvalue weighted by molar-refractivity contribution is 0.0968. The van der Waals surface area contributed by atoms with Crippen molar-refractivity contribution >= 4 is 21.6 Å². The predicted molar refractivity (Wildman–Crippen MR) is 76.5 cm³/mol. The maximum atomic E-state index is 13.9. The molecular weight excluding hydrogens is 328 g/mol. The fourth-order valence-corrected chi connectivity index (χ4v) is 2.76. The third kappa shape index (κ3) is 2.55. The Balaban J connectivity index is 1.94. The van der Waals surface area contributed by atoms with Gasteiger partial charge in [0.1, 0.15) is 17.3 Å². The number of hydrogen-bond donors (Lipinski definition) is 1. The average Bonchev–Trinajstić information content (AvgIpc) is 2.43. The molecular formula is C15H12BrF2NO. The summed E-state index contributed by atoms with van der Waals surface area (Å²) in [4.78, 5) is 0. The second-order valence-corrected chi connectivity index (χ2v) is 5.57. The molecule has 5 heteroatoms. The van der Waals surface area contributed by atoms with Gasteiger partial charge in [0.15, 0.2) is 0 Å². The molecule has 2 aromatic carbocycles. The molecule has 0 radical (unpaired) electrons. The number of ether oxygens (including phenoxy) is 1. The Kier molecular flexibility index (Phi) is 3.72. The molecule has 2 nitrogen and oxygen atoms in total. The number of benzene rings is 2. The lowest BCUT2D eigenvalue weighted by Gasteiger charge is -2.27. The molecule has 0 spiro atoms. The second-order valence-electron chi connectivity index (χ2n) is 4.66. The quantitative estimate of drug-likeness (QED) is 0.874. The van der Waals surface area contributed by atoms with E-state index in [1.54, 1.807) is 0 Å². The molecule has 20 heavy (non-hydrogen) atoms. The molecule has 0 bridgehead atoms. The number of fused-ring (bicyclic) bond motifs is 1. The highest BCUT2D eigenvalue weighted by Crippen LogP contribution is 2.31. The van der Waals surface area contributed by atoms with Gasteiger partial charge in [0.05, 0.1) is 19.3 Å². The van der Waals surface area contributed by atoms with Gasteiger partial charge in [0, 0.05) is 4.47 Å². The minimum atomic E-state index is -0.625. The van der Waals surface area contributed by atoms with Crippen molar-refractivity contribution in [3.63, 3.8) is 0 Å². The van der Waals surface area contributed by atoms with Crippen LogP contribution in [0.1, 0.15) is 17.2 Å². The Morgan fingerprint density at radius 3 is 2.60 bits per heavy atom. The zero-order chi connectivity index (χ0) is 14.1. The van der Waals surface area contributed by atoms with E-state index >= 15 is 0 Å². The fourth-order valence-electron chi connectivity index (χ4n) is 2.36. The first-order valence-electron chi connectivity index (χ1n) is 6.22. The van der Waals surface area contributed by atoms with E-state index in [9.17, 15) is 8.78 Å². The average molecular weight is 340 g/mol. The third-order valence-corrected chi connectivity index (χ3v) is 3.76. The van der Waals surface area contributed by atoms with Crippen LogP contribution in [-0.2, 0) is 11.3 Å². The van der Waals surface area contributed by atoms with Crippen molar-refractivity contribution < 1.29 is 13.5 Å². The van der Waals surface area contributed by atoms with Gasteiger partial charge in [-0.1, -0.05) is 40.2 Å². The minimum Gasteiger partial charge on any atom is -0.374 e. The highest BCUT2D eigenvalue weighted by atomic mass is 79.9. The zero-order valence-corrected chi connectivity index (χ0v) is 12.1. The van der Waals surface area contributed by atoms with Crippen LogP contribution in [0.2, 0.25) is 0 Å². The topological polar surface area (TPSA) is 21.3 Å². The first-order valence-corrected chi connectivity index (χ1v) is 7.01. The van der Waals surface area contributed by atoms with Gasteiger partial charge in [0.25, 0.3) is 0 Å². The molecule has 0 aliphatic carbocycles. The molecule has 0 aromatic heterocycles. The maximum Gasteiger partial charge on any atom is 0.150 e. The minimum absolute atomic E-state index is 0.126. The molecule has 0 saturated carbocycles. The van der Waals surface area contributed by atoms with E-state index in [2.05, 4.69) is 21.2 Å². The molecule has 3 rings (SSSR count). The van der Waals surface area contributed by atoms with Crippen LogP contribution in [-0.4, -0.2) is 6.61 Å². The van der Waals surface area contributed by atoms with E-state index in [-0.39, 0.29) is 11.7 Å². The number of nitrogens with one attached hydrogen (secondary N) is 1. The van der Waals surface area contributed by atoms with Gasteiger partial charge in [-0.3, -0.25) is 0 Å². The summed E-state index contributed by atoms with van der Waals surface area (Å²) in [6.07, 6.45) is 0. The van der Waals surface area contributed by atoms with Crippen molar-refractivity contribution in [2.24, 2.45) is 0 Å². The Hall–Kier alpha value is -1.46. The smallest absolute Gasteiger partial charge is 0.150 e. The number of halogens is 3. The first kappa shape index (κ1) is 13.5. The molecule has 1 atom stereocenters. The molecule has 1 heterocycles. The van der Waals surface area contributed by atoms with Crippen LogP contribution in [0.3, 0.4) is 0 Å². The summed E-state index contributed by atoms with van der Waals surface area (Å²) < 4.78 is 33.6. The summed E-state index contributed by atoms with van der Waals surface area (Å²) in [5, 5.41) is 2.90. The standard InChI is InChI=1S/C15H12BrF2NO/c16-10-5-12(17)15(13(18)6-10)19-14-8-20-7-9-3-1-2-4-11(9)14/h1-6,14,19H,7-8H2. The third-order valence-electron chi connectivity index (χ3n) is 3.30. The summed E-state index contributed by atoms with van der Waals surface area (Å²) in [5.41, 5.74) is 1.92. The van der Waals surface area contributed by atoms with Crippen molar-refractivity contribution in [3.05, 3.63) is 63.6 Å². The first-order chi connectivity index (χ1) is 9.65. The van der Waals surface area contributed by atoms with Crippen molar-refractivity contribution in [1.29, 1.82) is 0 Å². The Bertz CT molecular complexity index is 625. The summed E-state index contributed by atoms with van der Waals surface area (Å²) in [6, 6.07) is 9.95. The number of hydrogen-bond acceptors (Lipinski definition) is 2. The second kappa shape index (κ2) is 5.50. The van der Waals surface area contributed by atoms with Crippen LogP contribution in [0.25, 0.3) is 0 Å². The van der Waals surface area contributed by atoms with Crippen LogP contribution >= 0.6 is 15.9 Å². The molecule has 0 saturated heterocycles. The SMILES string of the molecule is Fc1cc(Br)cc(F)c1NC1COCc2ccccc21. The largest absolute Gasteiger partial charge is 0.374 e. The highest BCUT2D eigenvalue weighted by Gasteiger charge is 2.22. The van der Waals surface area contributed by atoms with Crippen LogP contribution in [0.5, 0.6) is 0 Å². The Morgan fingerprint density at radius 1 is 1.15 bits per heavy atom. The normalized spacial score (nSPS) is 17.6. The van der Waals surface area contributed by atoms with E-state index < -0.39 is 11.6 Å². The highest BCUT2D eigenvalue weighted by molar-refractivity contribution is 9.10. The van der Waals surface area contributed by atoms with Crippen molar-refractivity contribution in [1.82, 2.24) is 0 Å². The molecule has 1 unspecified atom stereocenters. The van der Waals surface area contributed by atoms with E-state index in [4.69, 9.17) is 4.74 Å². The monoisotopic (exact) mass is 339 g/mol. The predicted octanol–water partition coefficient (Wildman–Crippen LogP) is 4.41. The number of anilines is 1. The van der Waals surface area contributed by atoms with Gasteiger partial charge < -0.3 is 10.1 Å². The van der Waals surface area contributed by atoms with Gasteiger partial charge >= 0.3 is 0 Å². The molecule has 1 aliphatic heterocycles. The lowest BCUT2D eigenvalue weighted by atomic mass is 9.99. The van der Waals surface area contributed by atoms with Crippen molar-refractivity contribution in [3.8, 4) is 0 Å². The van der Waals surface area contributed by atoms with Crippen LogP contribution in [0.15, 0.2) is 40.9 Å². The molecule has 2 aromatic rings. The van der Waals surface area contributed by atoms with Crippen LogP contribution in [0.4, 0.5) is 14.5 Å². The fraction of sp³-hybridized carbons (Fsp3) is 0.200. The van der Waals surface area contributed by atoms with Crippen LogP contribution < -0.4 is 5.32 Å². The summed E-state index contributed by atoms with van der Waals surface area (Å²) in [5.74, 6) is -1.25. The van der Waals surface area contributed by atoms with E-state index in [0.717, 1.165) is 11.1 Å². The van der Waals surface area contributed by atoms with E-state index in [0.29, 0.717) is 17.7 Å². The number of rotatable bonds is 2. The molecule has 0 amide bonds. The Morgan fingerprint density at radius 2 is 1.85 bits per heavy atom. The molecule has 1 aliphatic rings. The molecule has 0 fully saturated rings. The van der Waals surface area contributed by atoms with Gasteiger partial charge in [-0.25, -0.2) is 8.78 Å². The van der Waals surface area contributed by atoms with E-state index in [1.807, 2.05) is 24.3 Å². The lowest BCUT2D eigenvalue weighted by Crippen LogP contribution is -2.24. The van der Waals surface area contributed by atoms with Crippen LogP contribution in [0, 0.1) is 11.6 Å². The van der Waals surface area contributed by atoms with Gasteiger partial charge in [0.2, 0.25) is 0 Å². The van der Waals surface area contributed by atoms with Gasteiger partial charge in [-0.15, -0.1) is 0 Å².